The van der Waals surface area contributed by atoms with Crippen LogP contribution in [0.1, 0.15) is 32.8 Å². The number of ether oxygens (including phenoxy) is 2. The highest BCUT2D eigenvalue weighted by Gasteiger charge is 2.14. The molecule has 0 unspecified atom stereocenters. The van der Waals surface area contributed by atoms with Crippen molar-refractivity contribution >= 4 is 52.8 Å². The van der Waals surface area contributed by atoms with E-state index in [9.17, 15) is 14.4 Å². The largest absolute Gasteiger partial charge is 0.490 e. The Morgan fingerprint density at radius 1 is 1.00 bits per heavy atom. The summed E-state index contributed by atoms with van der Waals surface area (Å²) in [4.78, 5) is 35.8. The molecule has 0 aliphatic carbocycles. The van der Waals surface area contributed by atoms with Crippen LogP contribution >= 0.6 is 23.2 Å². The number of hydrazone groups is 1. The Bertz CT molecular complexity index is 1040. The molecular weight excluding hydrogens is 483 g/mol. The second-order valence-corrected chi connectivity index (χ2v) is 7.99. The van der Waals surface area contributed by atoms with Crippen molar-refractivity contribution in [1.29, 1.82) is 0 Å². The summed E-state index contributed by atoms with van der Waals surface area (Å²) >= 11 is 11.9. The van der Waals surface area contributed by atoms with E-state index in [0.717, 1.165) is 0 Å². The van der Waals surface area contributed by atoms with Gasteiger partial charge in [0.1, 0.15) is 0 Å². The van der Waals surface area contributed by atoms with Crippen LogP contribution in [0.15, 0.2) is 41.5 Å². The average Bonchev–Trinajstić information content (AvgIpc) is 2.77. The molecule has 0 fully saturated rings. The first kappa shape index (κ1) is 26.9. The number of benzene rings is 2. The first-order chi connectivity index (χ1) is 16.2. The fourth-order valence-electron chi connectivity index (χ4n) is 2.57. The molecule has 11 heteroatoms. The molecule has 2 rings (SSSR count). The number of nitrogens with zero attached hydrogens (tertiary/aromatic N) is 1. The van der Waals surface area contributed by atoms with Gasteiger partial charge >= 0.3 is 11.8 Å². The summed E-state index contributed by atoms with van der Waals surface area (Å²) < 4.78 is 11.2. The minimum atomic E-state index is -0.867. The lowest BCUT2D eigenvalue weighted by Crippen LogP contribution is -2.41. The van der Waals surface area contributed by atoms with Crippen molar-refractivity contribution in [3.8, 4) is 11.5 Å². The molecule has 1 atom stereocenters. The summed E-state index contributed by atoms with van der Waals surface area (Å²) in [5.41, 5.74) is 3.20. The summed E-state index contributed by atoms with van der Waals surface area (Å²) in [6.45, 7) is 5.57. The van der Waals surface area contributed by atoms with Crippen LogP contribution < -0.4 is 25.5 Å². The van der Waals surface area contributed by atoms with Crippen LogP contribution in [0, 0.1) is 0 Å². The van der Waals surface area contributed by atoms with Gasteiger partial charge in [-0.3, -0.25) is 14.4 Å². The van der Waals surface area contributed by atoms with Crippen molar-refractivity contribution in [2.75, 3.05) is 18.5 Å². The Kier molecular flexibility index (Phi) is 10.6. The van der Waals surface area contributed by atoms with Crippen LogP contribution in [0.2, 0.25) is 10.0 Å². The monoisotopic (exact) mass is 508 g/mol. The molecule has 34 heavy (non-hydrogen) atoms. The van der Waals surface area contributed by atoms with Gasteiger partial charge in [-0.2, -0.15) is 5.10 Å². The van der Waals surface area contributed by atoms with Crippen molar-refractivity contribution < 1.29 is 23.9 Å². The maximum Gasteiger partial charge on any atom is 0.329 e. The van der Waals surface area contributed by atoms with E-state index in [2.05, 4.69) is 21.2 Å². The molecule has 3 amide bonds. The summed E-state index contributed by atoms with van der Waals surface area (Å²) in [5, 5.41) is 9.78. The quantitative estimate of drug-likeness (QED) is 0.256. The average molecular weight is 509 g/mol. The molecule has 0 heterocycles. The summed E-state index contributed by atoms with van der Waals surface area (Å²) in [5.74, 6) is -1.32. The van der Waals surface area contributed by atoms with E-state index in [1.165, 1.54) is 6.21 Å². The first-order valence-electron chi connectivity index (χ1n) is 10.5. The molecule has 0 aliphatic rings. The van der Waals surface area contributed by atoms with E-state index in [-0.39, 0.29) is 12.6 Å². The van der Waals surface area contributed by atoms with Gasteiger partial charge in [0, 0.05) is 21.8 Å². The standard InChI is InChI=1S/C23H26Cl2N4O5/c1-4-14(3)27-22(31)23(32)29-26-12-15-6-7-19(20(8-15)33-5-2)34-13-21(30)28-18-10-16(24)9-17(25)11-18/h6-12,14H,4-5,13H2,1-3H3,(H,27,31)(H,28,30)(H,29,32)/b26-12-/t14-/m1/s1. The number of anilines is 1. The normalized spacial score (nSPS) is 11.6. The van der Waals surface area contributed by atoms with E-state index in [1.54, 1.807) is 50.2 Å². The van der Waals surface area contributed by atoms with E-state index in [1.807, 2.05) is 6.92 Å². The summed E-state index contributed by atoms with van der Waals surface area (Å²) in [7, 11) is 0. The molecule has 0 bridgehead atoms. The number of carbonyl (C=O) groups excluding carboxylic acids is 3. The number of hydrogen-bond donors (Lipinski definition) is 3. The van der Waals surface area contributed by atoms with Gasteiger partial charge in [-0.05, 0) is 62.2 Å². The van der Waals surface area contributed by atoms with Gasteiger partial charge in [0.15, 0.2) is 18.1 Å². The molecule has 9 nitrogen and oxygen atoms in total. The number of rotatable bonds is 10. The number of carbonyl (C=O) groups is 3. The first-order valence-corrected chi connectivity index (χ1v) is 11.3. The van der Waals surface area contributed by atoms with Gasteiger partial charge in [-0.1, -0.05) is 30.1 Å². The van der Waals surface area contributed by atoms with Gasteiger partial charge in [-0.15, -0.1) is 0 Å². The van der Waals surface area contributed by atoms with Crippen LogP contribution in [0.5, 0.6) is 11.5 Å². The van der Waals surface area contributed by atoms with Crippen LogP contribution in [0.3, 0.4) is 0 Å². The molecule has 2 aromatic carbocycles. The van der Waals surface area contributed by atoms with Gasteiger partial charge in [0.05, 0.1) is 12.8 Å². The number of halogens is 2. The van der Waals surface area contributed by atoms with Crippen molar-refractivity contribution in [2.24, 2.45) is 5.10 Å². The smallest absolute Gasteiger partial charge is 0.329 e. The van der Waals surface area contributed by atoms with Crippen LogP contribution in [0.25, 0.3) is 0 Å². The lowest BCUT2D eigenvalue weighted by Gasteiger charge is -2.13. The third kappa shape index (κ3) is 8.92. The van der Waals surface area contributed by atoms with Gasteiger partial charge in [0.2, 0.25) is 0 Å². The molecule has 2 aromatic rings. The lowest BCUT2D eigenvalue weighted by molar-refractivity contribution is -0.139. The van der Waals surface area contributed by atoms with Gasteiger partial charge in [0.25, 0.3) is 5.91 Å². The summed E-state index contributed by atoms with van der Waals surface area (Å²) in [6.07, 6.45) is 2.06. The predicted octanol–water partition coefficient (Wildman–Crippen LogP) is 3.77. The second kappa shape index (κ2) is 13.4. The second-order valence-electron chi connectivity index (χ2n) is 7.12. The zero-order valence-electron chi connectivity index (χ0n) is 19.0. The Hall–Kier alpha value is -3.30. The molecule has 0 saturated heterocycles. The Balaban J connectivity index is 1.97. The highest BCUT2D eigenvalue weighted by atomic mass is 35.5. The topological polar surface area (TPSA) is 118 Å². The number of nitrogens with one attached hydrogen (secondary N) is 3. The van der Waals surface area contributed by atoms with Crippen molar-refractivity contribution in [3.05, 3.63) is 52.0 Å². The van der Waals surface area contributed by atoms with Crippen LogP contribution in [-0.4, -0.2) is 43.2 Å². The molecule has 0 aromatic heterocycles. The fraction of sp³-hybridized carbons (Fsp3) is 0.304. The van der Waals surface area contributed by atoms with Crippen LogP contribution in [-0.2, 0) is 14.4 Å². The third-order valence-electron chi connectivity index (χ3n) is 4.35. The molecule has 0 aliphatic heterocycles. The van der Waals surface area contributed by atoms with Crippen molar-refractivity contribution in [3.63, 3.8) is 0 Å². The zero-order valence-corrected chi connectivity index (χ0v) is 20.5. The zero-order chi connectivity index (χ0) is 25.1. The third-order valence-corrected chi connectivity index (χ3v) is 4.78. The highest BCUT2D eigenvalue weighted by Crippen LogP contribution is 2.28. The maximum absolute atomic E-state index is 12.2. The Morgan fingerprint density at radius 3 is 2.35 bits per heavy atom. The van der Waals surface area contributed by atoms with Crippen molar-refractivity contribution in [1.82, 2.24) is 10.7 Å². The van der Waals surface area contributed by atoms with E-state index in [0.29, 0.717) is 45.8 Å². The molecule has 0 saturated carbocycles. The Morgan fingerprint density at radius 2 is 1.71 bits per heavy atom. The molecule has 182 valence electrons. The fourth-order valence-corrected chi connectivity index (χ4v) is 3.09. The molecule has 3 N–H and O–H groups in total. The van der Waals surface area contributed by atoms with Gasteiger partial charge < -0.3 is 20.1 Å². The van der Waals surface area contributed by atoms with E-state index < -0.39 is 17.7 Å². The molecule has 0 spiro atoms. The van der Waals surface area contributed by atoms with E-state index in [4.69, 9.17) is 32.7 Å². The SMILES string of the molecule is CCOc1cc(/C=N\NC(=O)C(=O)N[C@H](C)CC)ccc1OCC(=O)Nc1cc(Cl)cc(Cl)c1. The van der Waals surface area contributed by atoms with Crippen LogP contribution in [0.4, 0.5) is 5.69 Å². The minimum Gasteiger partial charge on any atom is -0.490 e. The lowest BCUT2D eigenvalue weighted by atomic mass is 10.2. The summed E-state index contributed by atoms with van der Waals surface area (Å²) in [6, 6.07) is 9.46. The minimum absolute atomic E-state index is 0.117. The number of amides is 3. The Labute approximate surface area is 207 Å². The molecular formula is C23H26Cl2N4O5. The molecule has 0 radical (unpaired) electrons. The number of hydrogen-bond acceptors (Lipinski definition) is 6. The van der Waals surface area contributed by atoms with Crippen molar-refractivity contribution in [2.45, 2.75) is 33.2 Å². The maximum atomic E-state index is 12.2. The predicted molar refractivity (Wildman–Crippen MR) is 132 cm³/mol. The van der Waals surface area contributed by atoms with E-state index >= 15 is 0 Å². The van der Waals surface area contributed by atoms with Gasteiger partial charge in [-0.25, -0.2) is 5.43 Å². The highest BCUT2D eigenvalue weighted by molar-refractivity contribution is 6.35.